The van der Waals surface area contributed by atoms with Crippen LogP contribution in [0.1, 0.15) is 54.4 Å². The van der Waals surface area contributed by atoms with Crippen LogP contribution in [-0.4, -0.2) is 54.8 Å². The van der Waals surface area contributed by atoms with E-state index in [0.29, 0.717) is 41.1 Å². The number of fused-ring (bicyclic) bond motifs is 3. The van der Waals surface area contributed by atoms with Gasteiger partial charge in [0.2, 0.25) is 0 Å². The maximum atomic E-state index is 13.6. The molecule has 3 heterocycles. The molecule has 1 amide bonds. The van der Waals surface area contributed by atoms with Gasteiger partial charge < -0.3 is 24.8 Å². The fourth-order valence-corrected chi connectivity index (χ4v) is 6.97. The third kappa shape index (κ3) is 5.92. The van der Waals surface area contributed by atoms with Gasteiger partial charge in [0.1, 0.15) is 11.9 Å². The first-order chi connectivity index (χ1) is 17.9. The first-order valence-electron chi connectivity index (χ1n) is 12.9. The second-order valence-corrected chi connectivity index (χ2v) is 11.6. The van der Waals surface area contributed by atoms with Gasteiger partial charge in [-0.1, -0.05) is 42.3 Å². The summed E-state index contributed by atoms with van der Waals surface area (Å²) in [6, 6.07) is 10.6. The van der Waals surface area contributed by atoms with Crippen molar-refractivity contribution in [2.45, 2.75) is 50.9 Å². The molecule has 1 saturated heterocycles. The summed E-state index contributed by atoms with van der Waals surface area (Å²) >= 11 is 14.2. The van der Waals surface area contributed by atoms with E-state index in [1.54, 1.807) is 23.5 Å². The fraction of sp³-hybridized carbons (Fsp3) is 0.464. The zero-order valence-electron chi connectivity index (χ0n) is 20.8. The standard InChI is InChI=1S/C28H32Cl2N2O4S/c1-2-12-35-23-8-5-17(14-21(23)30)25(33)22(16-32-10-3-4-11-32)31-28(34)26-27-20(9-13-36-26)19-7-6-18(29)15-24(19)37-27/h5-8,14-15,22,25-26,33H,2-4,9-13,16H2,1H3,(H,31,34)/t22-,25-,26?/m1/s1. The smallest absolute Gasteiger partial charge is 0.254 e. The number of carbonyl (C=O) groups is 1. The van der Waals surface area contributed by atoms with Crippen LogP contribution in [0.25, 0.3) is 10.1 Å². The molecule has 9 heteroatoms. The monoisotopic (exact) mass is 562 g/mol. The molecule has 2 N–H and O–H groups in total. The van der Waals surface area contributed by atoms with E-state index in [1.807, 2.05) is 31.2 Å². The molecule has 0 radical (unpaired) electrons. The SMILES string of the molecule is CCCOc1ccc([C@@H](O)[C@@H](CN2CCCC2)NC(=O)C2OCCc3c2sc2cc(Cl)ccc32)cc1Cl. The molecule has 37 heavy (non-hydrogen) atoms. The molecule has 5 rings (SSSR count). The molecule has 6 nitrogen and oxygen atoms in total. The second kappa shape index (κ2) is 11.9. The minimum Gasteiger partial charge on any atom is -0.492 e. The number of hydrogen-bond donors (Lipinski definition) is 2. The number of amides is 1. The second-order valence-electron chi connectivity index (χ2n) is 9.69. The number of likely N-dealkylation sites (tertiary alicyclic amines) is 1. The molecule has 0 aliphatic carbocycles. The van der Waals surface area contributed by atoms with Gasteiger partial charge >= 0.3 is 0 Å². The molecular formula is C28H32Cl2N2O4S. The van der Waals surface area contributed by atoms with Crippen LogP contribution in [0.5, 0.6) is 5.75 Å². The van der Waals surface area contributed by atoms with E-state index < -0.39 is 18.2 Å². The predicted octanol–water partition coefficient (Wildman–Crippen LogP) is 5.92. The Labute approximate surface area is 231 Å². The number of aliphatic hydroxyl groups is 1. The summed E-state index contributed by atoms with van der Waals surface area (Å²) < 4.78 is 12.7. The van der Waals surface area contributed by atoms with Crippen molar-refractivity contribution < 1.29 is 19.4 Å². The van der Waals surface area contributed by atoms with E-state index in [-0.39, 0.29) is 5.91 Å². The molecule has 1 aromatic heterocycles. The van der Waals surface area contributed by atoms with Crippen molar-refractivity contribution in [1.29, 1.82) is 0 Å². The lowest BCUT2D eigenvalue weighted by molar-refractivity contribution is -0.135. The average Bonchev–Trinajstić information content (AvgIpc) is 3.54. The lowest BCUT2D eigenvalue weighted by Crippen LogP contribution is -2.48. The Balaban J connectivity index is 1.38. The third-order valence-electron chi connectivity index (χ3n) is 7.02. The highest BCUT2D eigenvalue weighted by atomic mass is 35.5. The third-order valence-corrected chi connectivity index (χ3v) is 8.79. The average molecular weight is 564 g/mol. The van der Waals surface area contributed by atoms with Crippen molar-refractivity contribution in [2.75, 3.05) is 32.8 Å². The van der Waals surface area contributed by atoms with Gasteiger partial charge in [0.05, 0.1) is 24.3 Å². The number of carbonyl (C=O) groups excluding carboxylic acids is 1. The predicted molar refractivity (Wildman–Crippen MR) is 149 cm³/mol. The Morgan fingerprint density at radius 2 is 2.05 bits per heavy atom. The Morgan fingerprint density at radius 1 is 1.24 bits per heavy atom. The Bertz CT molecular complexity index is 1260. The largest absolute Gasteiger partial charge is 0.492 e. The van der Waals surface area contributed by atoms with Crippen LogP contribution in [-0.2, 0) is 16.0 Å². The molecule has 0 saturated carbocycles. The number of benzene rings is 2. The maximum Gasteiger partial charge on any atom is 0.254 e. The number of hydrogen-bond acceptors (Lipinski definition) is 6. The number of nitrogens with one attached hydrogen (secondary N) is 1. The minimum atomic E-state index is -0.938. The van der Waals surface area contributed by atoms with Gasteiger partial charge in [0.25, 0.3) is 5.91 Å². The van der Waals surface area contributed by atoms with Crippen molar-refractivity contribution in [2.24, 2.45) is 0 Å². The van der Waals surface area contributed by atoms with E-state index in [1.165, 1.54) is 0 Å². The highest BCUT2D eigenvalue weighted by Crippen LogP contribution is 2.41. The van der Waals surface area contributed by atoms with E-state index >= 15 is 0 Å². The van der Waals surface area contributed by atoms with Gasteiger partial charge in [-0.15, -0.1) is 11.3 Å². The lowest BCUT2D eigenvalue weighted by Gasteiger charge is -2.31. The van der Waals surface area contributed by atoms with Crippen molar-refractivity contribution in [3.63, 3.8) is 0 Å². The van der Waals surface area contributed by atoms with Crippen LogP contribution < -0.4 is 10.1 Å². The Kier molecular flexibility index (Phi) is 8.59. The van der Waals surface area contributed by atoms with E-state index in [9.17, 15) is 9.90 Å². The van der Waals surface area contributed by atoms with Gasteiger partial charge in [0, 0.05) is 21.1 Å². The number of nitrogens with zero attached hydrogens (tertiary/aromatic N) is 1. The molecule has 2 aliphatic heterocycles. The lowest BCUT2D eigenvalue weighted by atomic mass is 9.99. The van der Waals surface area contributed by atoms with Gasteiger partial charge in [0.15, 0.2) is 6.10 Å². The summed E-state index contributed by atoms with van der Waals surface area (Å²) in [6.07, 6.45) is 2.21. The topological polar surface area (TPSA) is 71.0 Å². The normalized spacial score (nSPS) is 19.5. The van der Waals surface area contributed by atoms with Crippen molar-refractivity contribution in [1.82, 2.24) is 10.2 Å². The van der Waals surface area contributed by atoms with Crippen LogP contribution in [0.2, 0.25) is 10.0 Å². The zero-order chi connectivity index (χ0) is 25.9. The molecule has 3 aromatic rings. The summed E-state index contributed by atoms with van der Waals surface area (Å²) in [4.78, 5) is 16.8. The van der Waals surface area contributed by atoms with Gasteiger partial charge in [-0.3, -0.25) is 4.79 Å². The fourth-order valence-electron chi connectivity index (χ4n) is 5.15. The summed E-state index contributed by atoms with van der Waals surface area (Å²) in [7, 11) is 0. The number of thiophene rings is 1. The molecule has 2 aromatic carbocycles. The van der Waals surface area contributed by atoms with Crippen LogP contribution in [0, 0.1) is 0 Å². The first kappa shape index (κ1) is 26.7. The van der Waals surface area contributed by atoms with Crippen molar-refractivity contribution in [3.8, 4) is 5.75 Å². The van der Waals surface area contributed by atoms with E-state index in [0.717, 1.165) is 59.3 Å². The quantitative estimate of drug-likeness (QED) is 0.338. The highest BCUT2D eigenvalue weighted by Gasteiger charge is 2.34. The van der Waals surface area contributed by atoms with Crippen molar-refractivity contribution >= 4 is 50.5 Å². The molecule has 198 valence electrons. The van der Waals surface area contributed by atoms with Gasteiger partial charge in [-0.05, 0) is 79.6 Å². The molecule has 2 aliphatic rings. The molecular weight excluding hydrogens is 531 g/mol. The summed E-state index contributed by atoms with van der Waals surface area (Å²) in [5, 5.41) is 16.8. The molecule has 0 bridgehead atoms. The van der Waals surface area contributed by atoms with E-state index in [2.05, 4.69) is 10.2 Å². The van der Waals surface area contributed by atoms with Gasteiger partial charge in [-0.25, -0.2) is 0 Å². The van der Waals surface area contributed by atoms with Crippen molar-refractivity contribution in [3.05, 3.63) is 62.4 Å². The Morgan fingerprint density at radius 3 is 2.81 bits per heavy atom. The van der Waals surface area contributed by atoms with E-state index in [4.69, 9.17) is 32.7 Å². The summed E-state index contributed by atoms with van der Waals surface area (Å²) in [6.45, 7) is 5.51. The molecule has 0 spiro atoms. The van der Waals surface area contributed by atoms with Crippen LogP contribution >= 0.6 is 34.5 Å². The molecule has 3 atom stereocenters. The minimum absolute atomic E-state index is 0.240. The number of ether oxygens (including phenoxy) is 2. The van der Waals surface area contributed by atoms with Crippen LogP contribution in [0.4, 0.5) is 0 Å². The number of rotatable bonds is 9. The van der Waals surface area contributed by atoms with Crippen LogP contribution in [0.15, 0.2) is 36.4 Å². The highest BCUT2D eigenvalue weighted by molar-refractivity contribution is 7.19. The molecule has 1 unspecified atom stereocenters. The summed E-state index contributed by atoms with van der Waals surface area (Å²) in [5.41, 5.74) is 1.79. The van der Waals surface area contributed by atoms with Gasteiger partial charge in [-0.2, -0.15) is 0 Å². The van der Waals surface area contributed by atoms with Crippen LogP contribution in [0.3, 0.4) is 0 Å². The Hall–Kier alpha value is -1.87. The molecule has 1 fully saturated rings. The first-order valence-corrected chi connectivity index (χ1v) is 14.5. The zero-order valence-corrected chi connectivity index (χ0v) is 23.2. The summed E-state index contributed by atoms with van der Waals surface area (Å²) in [5.74, 6) is 0.350. The maximum absolute atomic E-state index is 13.6. The number of halogens is 2. The number of aliphatic hydroxyl groups excluding tert-OH is 1.